The number of aromatic nitrogens is 1. The Morgan fingerprint density at radius 1 is 1.44 bits per heavy atom. The van der Waals surface area contributed by atoms with Crippen LogP contribution < -0.4 is 4.90 Å². The van der Waals surface area contributed by atoms with Crippen LogP contribution in [0.4, 0.5) is 18.9 Å². The fourth-order valence-corrected chi connectivity index (χ4v) is 1.88. The second-order valence-corrected chi connectivity index (χ2v) is 4.06. The van der Waals surface area contributed by atoms with Gasteiger partial charge in [-0.1, -0.05) is 0 Å². The summed E-state index contributed by atoms with van der Waals surface area (Å²) in [4.78, 5) is 16.4. The lowest BCUT2D eigenvalue weighted by molar-refractivity contribution is -0.141. The molecule has 0 radical (unpaired) electrons. The van der Waals surface area contributed by atoms with Gasteiger partial charge in [0.05, 0.1) is 24.4 Å². The van der Waals surface area contributed by atoms with Crippen LogP contribution in [0.15, 0.2) is 18.3 Å². The Morgan fingerprint density at radius 3 is 2.61 bits per heavy atom. The molecule has 1 saturated heterocycles. The fourth-order valence-electron chi connectivity index (χ4n) is 1.88. The first-order valence-electron chi connectivity index (χ1n) is 5.39. The Kier molecular flexibility index (Phi) is 3.25. The predicted octanol–water partition coefficient (Wildman–Crippen LogP) is 1.45. The number of aliphatic hydroxyl groups is 1. The molecule has 98 valence electrons. The molecule has 4 nitrogen and oxygen atoms in total. The number of pyridine rings is 1. The van der Waals surface area contributed by atoms with Crippen molar-refractivity contribution in [1.29, 1.82) is 0 Å². The molecule has 0 saturated carbocycles. The van der Waals surface area contributed by atoms with Gasteiger partial charge in [-0.25, -0.2) is 4.98 Å². The van der Waals surface area contributed by atoms with Gasteiger partial charge in [-0.3, -0.25) is 4.79 Å². The molecular weight excluding hydrogens is 249 g/mol. The lowest BCUT2D eigenvalue weighted by Crippen LogP contribution is -2.28. The number of carbonyl (C=O) groups is 1. The van der Waals surface area contributed by atoms with Gasteiger partial charge in [0.2, 0.25) is 5.91 Å². The normalized spacial score (nSPS) is 20.6. The number of carbonyl (C=O) groups excluding carboxylic acids is 1. The molecule has 1 aliphatic heterocycles. The molecule has 1 amide bonds. The number of aliphatic hydroxyl groups excluding tert-OH is 1. The van der Waals surface area contributed by atoms with Crippen LogP contribution in [-0.4, -0.2) is 29.1 Å². The fraction of sp³-hybridized carbons (Fsp3) is 0.455. The second kappa shape index (κ2) is 4.56. The van der Waals surface area contributed by atoms with Gasteiger partial charge in [0, 0.05) is 6.54 Å². The van der Waals surface area contributed by atoms with E-state index in [1.807, 2.05) is 0 Å². The van der Waals surface area contributed by atoms with E-state index in [0.29, 0.717) is 18.7 Å². The summed E-state index contributed by atoms with van der Waals surface area (Å²) in [7, 11) is 0. The first kappa shape index (κ1) is 12.8. The summed E-state index contributed by atoms with van der Waals surface area (Å²) < 4.78 is 36.9. The maximum absolute atomic E-state index is 12.3. The summed E-state index contributed by atoms with van der Waals surface area (Å²) in [5.74, 6) is -0.744. The van der Waals surface area contributed by atoms with E-state index < -0.39 is 17.8 Å². The molecule has 0 aliphatic carbocycles. The summed E-state index contributed by atoms with van der Waals surface area (Å²) in [6, 6.07) is 2.06. The number of halogens is 3. The Bertz CT molecular complexity index is 445. The lowest BCUT2D eigenvalue weighted by Gasteiger charge is -2.16. The molecule has 1 aromatic heterocycles. The number of hydrogen-bond donors (Lipinski definition) is 1. The number of nitrogens with zero attached hydrogens (tertiary/aromatic N) is 2. The molecule has 2 heterocycles. The molecule has 0 aromatic carbocycles. The van der Waals surface area contributed by atoms with E-state index >= 15 is 0 Å². The molecule has 1 atom stereocenters. The monoisotopic (exact) mass is 260 g/mol. The number of alkyl halides is 3. The summed E-state index contributed by atoms with van der Waals surface area (Å²) in [6.07, 6.45) is -2.96. The van der Waals surface area contributed by atoms with Gasteiger partial charge in [0.25, 0.3) is 0 Å². The van der Waals surface area contributed by atoms with Crippen molar-refractivity contribution in [1.82, 2.24) is 4.98 Å². The summed E-state index contributed by atoms with van der Waals surface area (Å²) in [6.45, 7) is 0.139. The third-order valence-corrected chi connectivity index (χ3v) is 2.89. The van der Waals surface area contributed by atoms with Gasteiger partial charge in [0.15, 0.2) is 0 Å². The predicted molar refractivity (Wildman–Crippen MR) is 56.8 cm³/mol. The highest BCUT2D eigenvalue weighted by atomic mass is 19.4. The molecule has 0 bridgehead atoms. The van der Waals surface area contributed by atoms with Gasteiger partial charge in [-0.15, -0.1) is 0 Å². The van der Waals surface area contributed by atoms with Crippen LogP contribution in [0.2, 0.25) is 0 Å². The highest BCUT2D eigenvalue weighted by Crippen LogP contribution is 2.30. The van der Waals surface area contributed by atoms with Gasteiger partial charge in [0.1, 0.15) is 5.69 Å². The van der Waals surface area contributed by atoms with Crippen molar-refractivity contribution in [3.8, 4) is 0 Å². The summed E-state index contributed by atoms with van der Waals surface area (Å²) in [5.41, 5.74) is -0.666. The Morgan fingerprint density at radius 2 is 2.17 bits per heavy atom. The first-order valence-corrected chi connectivity index (χ1v) is 5.39. The number of hydrogen-bond acceptors (Lipinski definition) is 3. The zero-order valence-electron chi connectivity index (χ0n) is 9.31. The minimum atomic E-state index is -4.48. The highest BCUT2D eigenvalue weighted by molar-refractivity contribution is 5.97. The highest BCUT2D eigenvalue weighted by Gasteiger charge is 2.34. The molecule has 1 unspecified atom stereocenters. The molecule has 1 aromatic rings. The van der Waals surface area contributed by atoms with E-state index in [0.717, 1.165) is 12.3 Å². The maximum Gasteiger partial charge on any atom is 0.433 e. The smallest absolute Gasteiger partial charge is 0.396 e. The molecule has 18 heavy (non-hydrogen) atoms. The van der Waals surface area contributed by atoms with E-state index in [1.165, 1.54) is 11.0 Å². The van der Waals surface area contributed by atoms with Crippen LogP contribution in [0.5, 0.6) is 0 Å². The molecule has 1 aliphatic rings. The number of rotatable bonds is 2. The second-order valence-electron chi connectivity index (χ2n) is 4.06. The SMILES string of the molecule is O=C1C(CO)CCN1c1ccc(C(F)(F)F)nc1. The van der Waals surface area contributed by atoms with Crippen molar-refractivity contribution in [2.24, 2.45) is 5.92 Å². The first-order chi connectivity index (χ1) is 8.43. The van der Waals surface area contributed by atoms with Crippen LogP contribution in [-0.2, 0) is 11.0 Å². The van der Waals surface area contributed by atoms with Gasteiger partial charge < -0.3 is 10.0 Å². The van der Waals surface area contributed by atoms with E-state index in [1.54, 1.807) is 0 Å². The quantitative estimate of drug-likeness (QED) is 0.875. The van der Waals surface area contributed by atoms with Crippen LogP contribution in [0.3, 0.4) is 0 Å². The molecular formula is C11H11F3N2O2. The van der Waals surface area contributed by atoms with Crippen LogP contribution in [0.25, 0.3) is 0 Å². The molecule has 1 N–H and O–H groups in total. The lowest BCUT2D eigenvalue weighted by atomic mass is 10.1. The zero-order chi connectivity index (χ0) is 13.3. The Hall–Kier alpha value is -1.63. The standard InChI is InChI=1S/C11H11F3N2O2/c12-11(13,14)9-2-1-8(5-15-9)16-4-3-7(6-17)10(16)18/h1-2,5,7,17H,3-4,6H2. The maximum atomic E-state index is 12.3. The number of anilines is 1. The van der Waals surface area contributed by atoms with Gasteiger partial charge >= 0.3 is 6.18 Å². The molecule has 0 spiro atoms. The average Bonchev–Trinajstić information content (AvgIpc) is 2.69. The van der Waals surface area contributed by atoms with Gasteiger partial charge in [-0.05, 0) is 18.6 Å². The molecule has 2 rings (SSSR count). The van der Waals surface area contributed by atoms with Crippen molar-refractivity contribution in [3.05, 3.63) is 24.0 Å². The zero-order valence-corrected chi connectivity index (χ0v) is 9.31. The Labute approximate surface area is 101 Å². The Balaban J connectivity index is 2.19. The minimum absolute atomic E-state index is 0.247. The minimum Gasteiger partial charge on any atom is -0.396 e. The van der Waals surface area contributed by atoms with Crippen molar-refractivity contribution in [2.45, 2.75) is 12.6 Å². The topological polar surface area (TPSA) is 53.4 Å². The van der Waals surface area contributed by atoms with Crippen LogP contribution in [0.1, 0.15) is 12.1 Å². The third-order valence-electron chi connectivity index (χ3n) is 2.89. The number of amides is 1. The average molecular weight is 260 g/mol. The van der Waals surface area contributed by atoms with Crippen LogP contribution >= 0.6 is 0 Å². The third kappa shape index (κ3) is 2.31. The van der Waals surface area contributed by atoms with Crippen molar-refractivity contribution < 1.29 is 23.1 Å². The largest absolute Gasteiger partial charge is 0.433 e. The van der Waals surface area contributed by atoms with Crippen molar-refractivity contribution >= 4 is 11.6 Å². The molecule has 1 fully saturated rings. The van der Waals surface area contributed by atoms with E-state index in [9.17, 15) is 18.0 Å². The summed E-state index contributed by atoms with van der Waals surface area (Å²) >= 11 is 0. The van der Waals surface area contributed by atoms with Gasteiger partial charge in [-0.2, -0.15) is 13.2 Å². The van der Waals surface area contributed by atoms with E-state index in [-0.39, 0.29) is 12.5 Å². The van der Waals surface area contributed by atoms with E-state index in [4.69, 9.17) is 5.11 Å². The van der Waals surface area contributed by atoms with Crippen molar-refractivity contribution in [2.75, 3.05) is 18.1 Å². The summed E-state index contributed by atoms with van der Waals surface area (Å²) in [5, 5.41) is 8.94. The van der Waals surface area contributed by atoms with E-state index in [2.05, 4.69) is 4.98 Å². The van der Waals surface area contributed by atoms with Crippen molar-refractivity contribution in [3.63, 3.8) is 0 Å². The van der Waals surface area contributed by atoms with Crippen LogP contribution in [0, 0.1) is 5.92 Å². The molecule has 7 heteroatoms.